The van der Waals surface area contributed by atoms with E-state index in [-0.39, 0.29) is 21.8 Å². The third kappa shape index (κ3) is 5.89. The van der Waals surface area contributed by atoms with Gasteiger partial charge in [-0.15, -0.1) is 0 Å². The summed E-state index contributed by atoms with van der Waals surface area (Å²) >= 11 is 0.889. The first-order valence-corrected chi connectivity index (χ1v) is 10.2. The van der Waals surface area contributed by atoms with Crippen LogP contribution in [0.5, 0.6) is 0 Å². The van der Waals surface area contributed by atoms with Crippen LogP contribution >= 0.6 is 11.3 Å². The summed E-state index contributed by atoms with van der Waals surface area (Å²) in [5.74, 6) is 0.821. The fraction of sp³-hybridized carbons (Fsp3) is 0.429. The third-order valence-corrected chi connectivity index (χ3v) is 5.78. The van der Waals surface area contributed by atoms with Gasteiger partial charge < -0.3 is 16.0 Å². The molecule has 1 amide bonds. The fourth-order valence-corrected chi connectivity index (χ4v) is 4.09. The van der Waals surface area contributed by atoms with E-state index in [1.54, 1.807) is 6.07 Å². The number of carbonyl (C=O) groups is 1. The quantitative estimate of drug-likeness (QED) is 0.459. The van der Waals surface area contributed by atoms with Crippen LogP contribution in [0.4, 0.5) is 16.9 Å². The van der Waals surface area contributed by atoms with Gasteiger partial charge in [-0.05, 0) is 13.8 Å². The highest BCUT2D eigenvalue weighted by atomic mass is 32.2. The number of aryl methyl sites for hydroxylation is 1. The zero-order valence-corrected chi connectivity index (χ0v) is 16.3. The molecule has 0 spiro atoms. The molecule has 0 fully saturated rings. The molecule has 0 saturated heterocycles. The summed E-state index contributed by atoms with van der Waals surface area (Å²) in [4.78, 5) is 23.4. The van der Waals surface area contributed by atoms with Gasteiger partial charge in [0.1, 0.15) is 5.82 Å². The Kier molecular flexibility index (Phi) is 6.83. The van der Waals surface area contributed by atoms with Gasteiger partial charge in [-0.2, -0.15) is 4.98 Å². The Morgan fingerprint density at radius 3 is 2.69 bits per heavy atom. The van der Waals surface area contributed by atoms with E-state index < -0.39 is 10.0 Å². The smallest absolute Gasteiger partial charge is 0.251 e. The summed E-state index contributed by atoms with van der Waals surface area (Å²) in [7, 11) is -3.68. The predicted molar refractivity (Wildman–Crippen MR) is 101 cm³/mol. The molecule has 12 heteroatoms. The van der Waals surface area contributed by atoms with Crippen LogP contribution in [0.1, 0.15) is 19.5 Å². The lowest BCUT2D eigenvalue weighted by atomic mass is 10.4. The topological polar surface area (TPSA) is 138 Å². The first-order chi connectivity index (χ1) is 12.3. The van der Waals surface area contributed by atoms with E-state index in [9.17, 15) is 13.2 Å². The lowest BCUT2D eigenvalue weighted by molar-refractivity contribution is -0.114. The van der Waals surface area contributed by atoms with Crippen molar-refractivity contribution in [1.29, 1.82) is 0 Å². The second-order valence-corrected chi connectivity index (χ2v) is 8.26. The molecule has 2 rings (SSSR count). The molecular formula is C14H21N7O3S2. The van der Waals surface area contributed by atoms with Gasteiger partial charge in [-0.25, -0.2) is 23.1 Å². The van der Waals surface area contributed by atoms with Crippen LogP contribution in [0.15, 0.2) is 16.5 Å². The zero-order chi connectivity index (χ0) is 19.2. The lowest BCUT2D eigenvalue weighted by Crippen LogP contribution is -2.28. The second kappa shape index (κ2) is 8.87. The average Bonchev–Trinajstić information content (AvgIpc) is 3.00. The van der Waals surface area contributed by atoms with Crippen molar-refractivity contribution in [3.05, 3.63) is 18.0 Å². The van der Waals surface area contributed by atoms with Gasteiger partial charge in [0.25, 0.3) is 10.0 Å². The largest absolute Gasteiger partial charge is 0.369 e. The van der Waals surface area contributed by atoms with Crippen molar-refractivity contribution < 1.29 is 13.2 Å². The molecule has 0 atom stereocenters. The maximum atomic E-state index is 12.2. The van der Waals surface area contributed by atoms with Crippen LogP contribution in [0.2, 0.25) is 0 Å². The molecule has 4 N–H and O–H groups in total. The summed E-state index contributed by atoms with van der Waals surface area (Å²) in [6, 6.07) is 1.78. The molecule has 0 aliphatic carbocycles. The number of rotatable bonds is 9. The van der Waals surface area contributed by atoms with E-state index in [0.29, 0.717) is 24.9 Å². The van der Waals surface area contributed by atoms with Crippen molar-refractivity contribution in [2.75, 3.05) is 35.6 Å². The number of hydrogen-bond acceptors (Lipinski definition) is 9. The molecule has 0 aliphatic rings. The van der Waals surface area contributed by atoms with Gasteiger partial charge in [0, 0.05) is 38.3 Å². The van der Waals surface area contributed by atoms with E-state index in [1.165, 1.54) is 13.1 Å². The SMILES string of the molecule is CCNc1nc(C)cc(NCCNS(=O)(=O)c2cnc(NC(C)=O)s2)n1. The number of carbonyl (C=O) groups excluding carboxylic acids is 1. The minimum atomic E-state index is -3.68. The molecule has 0 saturated carbocycles. The number of hydrogen-bond donors (Lipinski definition) is 4. The molecule has 2 aromatic rings. The summed E-state index contributed by atoms with van der Waals surface area (Å²) < 4.78 is 26.9. The summed E-state index contributed by atoms with van der Waals surface area (Å²) in [5.41, 5.74) is 0.800. The molecule has 0 bridgehead atoms. The van der Waals surface area contributed by atoms with E-state index in [1.807, 2.05) is 13.8 Å². The number of anilines is 3. The maximum absolute atomic E-state index is 12.2. The Hall–Kier alpha value is -2.31. The fourth-order valence-electron chi connectivity index (χ4n) is 1.94. The predicted octanol–water partition coefficient (Wildman–Crippen LogP) is 1.02. The Bertz CT molecular complexity index is 867. The minimum absolute atomic E-state index is 0.0357. The molecule has 0 unspecified atom stereocenters. The monoisotopic (exact) mass is 399 g/mol. The highest BCUT2D eigenvalue weighted by Gasteiger charge is 2.17. The van der Waals surface area contributed by atoms with E-state index in [4.69, 9.17) is 0 Å². The van der Waals surface area contributed by atoms with Crippen molar-refractivity contribution in [1.82, 2.24) is 19.7 Å². The van der Waals surface area contributed by atoms with Crippen LogP contribution in [-0.4, -0.2) is 48.9 Å². The Labute approximate surface area is 155 Å². The van der Waals surface area contributed by atoms with Crippen molar-refractivity contribution in [2.24, 2.45) is 0 Å². The number of aromatic nitrogens is 3. The molecule has 142 valence electrons. The van der Waals surface area contributed by atoms with Gasteiger partial charge in [0.05, 0.1) is 6.20 Å². The Balaban J connectivity index is 1.88. The second-order valence-electron chi connectivity index (χ2n) is 5.24. The van der Waals surface area contributed by atoms with Crippen LogP contribution in [-0.2, 0) is 14.8 Å². The zero-order valence-electron chi connectivity index (χ0n) is 14.7. The molecule has 2 aromatic heterocycles. The number of thiazole rings is 1. The van der Waals surface area contributed by atoms with Crippen molar-refractivity contribution in [2.45, 2.75) is 25.0 Å². The van der Waals surface area contributed by atoms with Gasteiger partial charge in [0.2, 0.25) is 11.9 Å². The van der Waals surface area contributed by atoms with Gasteiger partial charge in [-0.3, -0.25) is 4.79 Å². The number of sulfonamides is 1. The highest BCUT2D eigenvalue weighted by molar-refractivity contribution is 7.91. The van der Waals surface area contributed by atoms with E-state index in [2.05, 4.69) is 35.6 Å². The van der Waals surface area contributed by atoms with E-state index in [0.717, 1.165) is 17.0 Å². The molecule has 2 heterocycles. The van der Waals surface area contributed by atoms with Crippen LogP contribution in [0.25, 0.3) is 0 Å². The summed E-state index contributed by atoms with van der Waals surface area (Å²) in [6.07, 6.45) is 1.21. The lowest BCUT2D eigenvalue weighted by Gasteiger charge is -2.09. The Morgan fingerprint density at radius 1 is 1.23 bits per heavy atom. The van der Waals surface area contributed by atoms with Crippen molar-refractivity contribution in [3.8, 4) is 0 Å². The van der Waals surface area contributed by atoms with Gasteiger partial charge in [0.15, 0.2) is 9.34 Å². The highest BCUT2D eigenvalue weighted by Crippen LogP contribution is 2.22. The van der Waals surface area contributed by atoms with Gasteiger partial charge >= 0.3 is 0 Å². The van der Waals surface area contributed by atoms with Crippen LogP contribution in [0, 0.1) is 6.92 Å². The first-order valence-electron chi connectivity index (χ1n) is 7.86. The first kappa shape index (κ1) is 20.0. The minimum Gasteiger partial charge on any atom is -0.369 e. The molecule has 26 heavy (non-hydrogen) atoms. The average molecular weight is 400 g/mol. The molecular weight excluding hydrogens is 378 g/mol. The summed E-state index contributed by atoms with van der Waals surface area (Å²) in [5, 5.41) is 8.77. The molecule has 0 aliphatic heterocycles. The number of nitrogens with one attached hydrogen (secondary N) is 4. The van der Waals surface area contributed by atoms with Gasteiger partial charge in [-0.1, -0.05) is 11.3 Å². The maximum Gasteiger partial charge on any atom is 0.251 e. The standard InChI is InChI=1S/C14H21N7O3S2/c1-4-15-13-19-9(2)7-11(21-13)16-5-6-18-26(23,24)12-8-17-14(25-12)20-10(3)22/h7-8,18H,4-6H2,1-3H3,(H,17,20,22)(H2,15,16,19,21). The normalized spacial score (nSPS) is 11.2. The Morgan fingerprint density at radius 2 is 2.00 bits per heavy atom. The van der Waals surface area contributed by atoms with Crippen LogP contribution in [0.3, 0.4) is 0 Å². The molecule has 0 radical (unpaired) electrons. The van der Waals surface area contributed by atoms with Crippen LogP contribution < -0.4 is 20.7 Å². The molecule has 0 aromatic carbocycles. The van der Waals surface area contributed by atoms with E-state index >= 15 is 0 Å². The molecule has 10 nitrogen and oxygen atoms in total. The third-order valence-electron chi connectivity index (χ3n) is 2.94. The van der Waals surface area contributed by atoms with Crippen molar-refractivity contribution >= 4 is 44.2 Å². The summed E-state index contributed by atoms with van der Waals surface area (Å²) in [6.45, 7) is 6.35. The number of amides is 1. The number of nitrogens with zero attached hydrogens (tertiary/aromatic N) is 3. The van der Waals surface area contributed by atoms with Crippen molar-refractivity contribution in [3.63, 3.8) is 0 Å².